The minimum atomic E-state index is -0.167. The molecule has 0 N–H and O–H groups in total. The van der Waals surface area contributed by atoms with Crippen LogP contribution in [0.4, 0.5) is 0 Å². The molecule has 1 aromatic rings. The Hall–Kier alpha value is -0.510. The van der Waals surface area contributed by atoms with Gasteiger partial charge in [0.05, 0.1) is 13.2 Å². The predicted octanol–water partition coefficient (Wildman–Crippen LogP) is 2.16. The van der Waals surface area contributed by atoms with Crippen LogP contribution in [0.5, 0.6) is 0 Å². The Morgan fingerprint density at radius 1 is 1.31 bits per heavy atom. The van der Waals surface area contributed by atoms with Gasteiger partial charge in [0.25, 0.3) is 0 Å². The van der Waals surface area contributed by atoms with E-state index in [1.165, 1.54) is 5.56 Å². The van der Waals surface area contributed by atoms with E-state index in [1.807, 2.05) is 18.2 Å². The minimum Gasteiger partial charge on any atom is -0.346 e. The first kappa shape index (κ1) is 9.06. The second kappa shape index (κ2) is 4.13. The van der Waals surface area contributed by atoms with Gasteiger partial charge in [-0.3, -0.25) is 0 Å². The number of hydrogen-bond acceptors (Lipinski definition) is 3. The molecule has 1 saturated heterocycles. The number of thiol groups is 1. The van der Waals surface area contributed by atoms with Gasteiger partial charge >= 0.3 is 0 Å². The van der Waals surface area contributed by atoms with Crippen LogP contribution in [0.2, 0.25) is 0 Å². The molecule has 0 aliphatic carbocycles. The van der Waals surface area contributed by atoms with Crippen molar-refractivity contribution in [2.45, 2.75) is 12.0 Å². The quantitative estimate of drug-likeness (QED) is 0.731. The second-order valence-electron chi connectivity index (χ2n) is 2.98. The zero-order valence-corrected chi connectivity index (χ0v) is 8.17. The van der Waals surface area contributed by atoms with Gasteiger partial charge in [-0.25, -0.2) is 0 Å². The van der Waals surface area contributed by atoms with Crippen LogP contribution in [0.25, 0.3) is 0 Å². The molecule has 70 valence electrons. The molecule has 0 unspecified atom stereocenters. The largest absolute Gasteiger partial charge is 0.346 e. The zero-order chi connectivity index (χ0) is 9.10. The van der Waals surface area contributed by atoms with E-state index in [0.29, 0.717) is 13.2 Å². The van der Waals surface area contributed by atoms with Crippen molar-refractivity contribution in [2.24, 2.45) is 0 Å². The van der Waals surface area contributed by atoms with Crippen molar-refractivity contribution >= 4 is 12.6 Å². The fourth-order valence-electron chi connectivity index (χ4n) is 1.39. The third-order valence-corrected chi connectivity index (χ3v) is 2.39. The van der Waals surface area contributed by atoms with Crippen molar-refractivity contribution in [1.29, 1.82) is 0 Å². The maximum atomic E-state index is 5.39. The molecule has 0 aromatic heterocycles. The van der Waals surface area contributed by atoms with Gasteiger partial charge in [-0.2, -0.15) is 12.6 Å². The van der Waals surface area contributed by atoms with Gasteiger partial charge in [0, 0.05) is 11.3 Å². The molecule has 3 heteroatoms. The van der Waals surface area contributed by atoms with E-state index < -0.39 is 0 Å². The van der Waals surface area contributed by atoms with Gasteiger partial charge in [0.1, 0.15) is 0 Å². The van der Waals surface area contributed by atoms with Crippen molar-refractivity contribution in [3.8, 4) is 0 Å². The second-order valence-corrected chi connectivity index (χ2v) is 3.29. The Kier molecular flexibility index (Phi) is 2.88. The normalized spacial score (nSPS) is 17.9. The van der Waals surface area contributed by atoms with E-state index in [2.05, 4.69) is 18.7 Å². The first-order valence-electron chi connectivity index (χ1n) is 4.33. The highest BCUT2D eigenvalue weighted by Crippen LogP contribution is 2.23. The summed E-state index contributed by atoms with van der Waals surface area (Å²) in [5.41, 5.74) is 2.28. The molecular formula is C10H12O2S. The number of ether oxygens (including phenoxy) is 2. The Morgan fingerprint density at radius 2 is 2.08 bits per heavy atom. The summed E-state index contributed by atoms with van der Waals surface area (Å²) in [5, 5.41) is 0. The Labute approximate surface area is 83.3 Å². The van der Waals surface area contributed by atoms with Crippen LogP contribution >= 0.6 is 12.6 Å². The zero-order valence-electron chi connectivity index (χ0n) is 7.27. The first-order valence-corrected chi connectivity index (χ1v) is 4.96. The monoisotopic (exact) mass is 196 g/mol. The highest BCUT2D eigenvalue weighted by molar-refractivity contribution is 7.79. The van der Waals surface area contributed by atoms with Crippen molar-refractivity contribution in [2.75, 3.05) is 13.2 Å². The average Bonchev–Trinajstić information content (AvgIpc) is 2.71. The average molecular weight is 196 g/mol. The van der Waals surface area contributed by atoms with Crippen molar-refractivity contribution in [3.05, 3.63) is 35.4 Å². The van der Waals surface area contributed by atoms with Gasteiger partial charge in [0.2, 0.25) is 0 Å². The number of hydrogen-bond donors (Lipinski definition) is 1. The summed E-state index contributed by atoms with van der Waals surface area (Å²) in [5.74, 6) is 0.751. The van der Waals surface area contributed by atoms with Crippen molar-refractivity contribution in [1.82, 2.24) is 0 Å². The molecule has 0 saturated carbocycles. The molecule has 2 rings (SSSR count). The minimum absolute atomic E-state index is 0.167. The third-order valence-electron chi connectivity index (χ3n) is 2.03. The SMILES string of the molecule is SCc1cccc(C2OCCO2)c1. The predicted molar refractivity (Wildman–Crippen MR) is 53.8 cm³/mol. The molecule has 13 heavy (non-hydrogen) atoms. The molecule has 1 aliphatic heterocycles. The lowest BCUT2D eigenvalue weighted by Crippen LogP contribution is -1.98. The van der Waals surface area contributed by atoms with Crippen LogP contribution in [0.15, 0.2) is 24.3 Å². The summed E-state index contributed by atoms with van der Waals surface area (Å²) in [4.78, 5) is 0. The van der Waals surface area contributed by atoms with E-state index >= 15 is 0 Å². The lowest BCUT2D eigenvalue weighted by atomic mass is 10.1. The standard InChI is InChI=1S/C10H12O2S/c13-7-8-2-1-3-9(6-8)10-11-4-5-12-10/h1-3,6,10,13H,4-5,7H2. The molecule has 0 amide bonds. The highest BCUT2D eigenvalue weighted by atomic mass is 32.1. The van der Waals surface area contributed by atoms with Crippen LogP contribution in [-0.4, -0.2) is 13.2 Å². The maximum absolute atomic E-state index is 5.39. The molecule has 2 nitrogen and oxygen atoms in total. The molecule has 1 aliphatic rings. The molecule has 0 atom stereocenters. The Morgan fingerprint density at radius 3 is 2.77 bits per heavy atom. The van der Waals surface area contributed by atoms with Crippen LogP contribution < -0.4 is 0 Å². The summed E-state index contributed by atoms with van der Waals surface area (Å²) in [7, 11) is 0. The van der Waals surface area contributed by atoms with E-state index in [0.717, 1.165) is 11.3 Å². The van der Waals surface area contributed by atoms with E-state index in [1.54, 1.807) is 0 Å². The molecule has 0 bridgehead atoms. The third kappa shape index (κ3) is 2.05. The van der Waals surface area contributed by atoms with Gasteiger partial charge in [0.15, 0.2) is 6.29 Å². The topological polar surface area (TPSA) is 18.5 Å². The van der Waals surface area contributed by atoms with E-state index in [4.69, 9.17) is 9.47 Å². The maximum Gasteiger partial charge on any atom is 0.184 e. The fraction of sp³-hybridized carbons (Fsp3) is 0.400. The summed E-state index contributed by atoms with van der Waals surface area (Å²) in [6.07, 6.45) is -0.167. The van der Waals surface area contributed by atoms with Gasteiger partial charge in [-0.05, 0) is 11.6 Å². The van der Waals surface area contributed by atoms with Crippen molar-refractivity contribution < 1.29 is 9.47 Å². The molecule has 0 radical (unpaired) electrons. The van der Waals surface area contributed by atoms with Crippen LogP contribution in [0, 0.1) is 0 Å². The van der Waals surface area contributed by atoms with Gasteiger partial charge < -0.3 is 9.47 Å². The van der Waals surface area contributed by atoms with Gasteiger partial charge in [-0.1, -0.05) is 18.2 Å². The molecule has 0 spiro atoms. The van der Waals surface area contributed by atoms with Crippen LogP contribution in [0.3, 0.4) is 0 Å². The number of rotatable bonds is 2. The van der Waals surface area contributed by atoms with Crippen molar-refractivity contribution in [3.63, 3.8) is 0 Å². The molecular weight excluding hydrogens is 184 g/mol. The van der Waals surface area contributed by atoms with Gasteiger partial charge in [-0.15, -0.1) is 0 Å². The highest BCUT2D eigenvalue weighted by Gasteiger charge is 2.17. The fourth-order valence-corrected chi connectivity index (χ4v) is 1.59. The Balaban J connectivity index is 2.18. The van der Waals surface area contributed by atoms with Crippen LogP contribution in [0.1, 0.15) is 17.4 Å². The summed E-state index contributed by atoms with van der Waals surface area (Å²) >= 11 is 4.22. The smallest absolute Gasteiger partial charge is 0.184 e. The summed E-state index contributed by atoms with van der Waals surface area (Å²) in [6.45, 7) is 1.38. The lowest BCUT2D eigenvalue weighted by molar-refractivity contribution is -0.0441. The van der Waals surface area contributed by atoms with Crippen LogP contribution in [-0.2, 0) is 15.2 Å². The molecule has 1 aromatic carbocycles. The van der Waals surface area contributed by atoms with E-state index in [-0.39, 0.29) is 6.29 Å². The number of benzene rings is 1. The first-order chi connectivity index (χ1) is 6.40. The lowest BCUT2D eigenvalue weighted by Gasteiger charge is -2.09. The summed E-state index contributed by atoms with van der Waals surface area (Å²) < 4.78 is 10.8. The van der Waals surface area contributed by atoms with E-state index in [9.17, 15) is 0 Å². The Bertz CT molecular complexity index is 282. The molecule has 1 fully saturated rings. The molecule has 1 heterocycles. The summed E-state index contributed by atoms with van der Waals surface area (Å²) in [6, 6.07) is 8.14.